The summed E-state index contributed by atoms with van der Waals surface area (Å²) in [5, 5.41) is 3.12. The Bertz CT molecular complexity index is 478. The highest BCUT2D eigenvalue weighted by atomic mass is 16.2. The molecule has 2 fully saturated rings. The van der Waals surface area contributed by atoms with Crippen molar-refractivity contribution in [3.8, 4) is 0 Å². The molecule has 134 valence electrons. The van der Waals surface area contributed by atoms with E-state index in [0.29, 0.717) is 25.4 Å². The summed E-state index contributed by atoms with van der Waals surface area (Å²) in [6.07, 6.45) is 8.27. The molecule has 0 spiro atoms. The monoisotopic (exact) mass is 335 g/mol. The normalized spacial score (nSPS) is 19.1. The van der Waals surface area contributed by atoms with E-state index in [1.807, 2.05) is 0 Å². The topological polar surface area (TPSA) is 69.7 Å². The average Bonchev–Trinajstić information content (AvgIpc) is 3.07. The summed E-state index contributed by atoms with van der Waals surface area (Å²) in [5.41, 5.74) is 0. The number of nitrogens with one attached hydrogen (secondary N) is 1. The van der Waals surface area contributed by atoms with Crippen molar-refractivity contribution < 1.29 is 14.4 Å². The first-order valence-electron chi connectivity index (χ1n) is 8.94. The van der Waals surface area contributed by atoms with Gasteiger partial charge in [-0.1, -0.05) is 19.4 Å². The van der Waals surface area contributed by atoms with Gasteiger partial charge in [-0.25, -0.2) is 0 Å². The number of rotatable bonds is 6. The number of hydrogen-bond donors (Lipinski definition) is 1. The van der Waals surface area contributed by atoms with Gasteiger partial charge in [0.15, 0.2) is 0 Å². The van der Waals surface area contributed by atoms with Crippen LogP contribution in [0.5, 0.6) is 0 Å². The van der Waals surface area contributed by atoms with Gasteiger partial charge in [0.25, 0.3) is 0 Å². The number of likely N-dealkylation sites (N-methyl/N-ethyl adjacent to an activating group) is 1. The SMILES string of the molecule is C=CC(=O)N(C)CC(=O)N1CCC(NC(=O)CC2CCCC2)CC1. The predicted molar refractivity (Wildman–Crippen MR) is 92.2 cm³/mol. The Morgan fingerprint density at radius 2 is 1.79 bits per heavy atom. The molecule has 0 aromatic heterocycles. The van der Waals surface area contributed by atoms with Crippen LogP contribution in [0.2, 0.25) is 0 Å². The zero-order chi connectivity index (χ0) is 17.5. The molecule has 1 N–H and O–H groups in total. The van der Waals surface area contributed by atoms with Crippen molar-refractivity contribution in [2.24, 2.45) is 5.92 Å². The van der Waals surface area contributed by atoms with Gasteiger partial charge in [-0.05, 0) is 37.7 Å². The smallest absolute Gasteiger partial charge is 0.246 e. The Morgan fingerprint density at radius 3 is 2.38 bits per heavy atom. The molecule has 1 heterocycles. The molecule has 24 heavy (non-hydrogen) atoms. The molecule has 0 unspecified atom stereocenters. The summed E-state index contributed by atoms with van der Waals surface area (Å²) in [7, 11) is 1.60. The van der Waals surface area contributed by atoms with Crippen LogP contribution in [0.1, 0.15) is 44.9 Å². The van der Waals surface area contributed by atoms with Crippen LogP contribution in [0, 0.1) is 5.92 Å². The van der Waals surface area contributed by atoms with Crippen LogP contribution in [0.4, 0.5) is 0 Å². The summed E-state index contributed by atoms with van der Waals surface area (Å²) in [6.45, 7) is 4.75. The van der Waals surface area contributed by atoms with E-state index in [1.54, 1.807) is 11.9 Å². The molecular formula is C18H29N3O3. The van der Waals surface area contributed by atoms with Crippen molar-refractivity contribution in [3.05, 3.63) is 12.7 Å². The molecule has 0 atom stereocenters. The zero-order valence-electron chi connectivity index (χ0n) is 14.6. The van der Waals surface area contributed by atoms with E-state index >= 15 is 0 Å². The maximum absolute atomic E-state index is 12.2. The van der Waals surface area contributed by atoms with E-state index in [9.17, 15) is 14.4 Å². The molecule has 2 rings (SSSR count). The molecule has 3 amide bonds. The summed E-state index contributed by atoms with van der Waals surface area (Å²) in [6, 6.07) is 0.162. The molecule has 0 aromatic rings. The summed E-state index contributed by atoms with van der Waals surface area (Å²) in [4.78, 5) is 38.9. The van der Waals surface area contributed by atoms with E-state index in [0.717, 1.165) is 12.8 Å². The van der Waals surface area contributed by atoms with Gasteiger partial charge >= 0.3 is 0 Å². The number of nitrogens with zero attached hydrogens (tertiary/aromatic N) is 2. The molecule has 1 aliphatic carbocycles. The van der Waals surface area contributed by atoms with Gasteiger partial charge in [-0.2, -0.15) is 0 Å². The van der Waals surface area contributed by atoms with Crippen LogP contribution in [-0.4, -0.2) is 60.2 Å². The third-order valence-corrected chi connectivity index (χ3v) is 5.08. The number of carbonyl (C=O) groups excluding carboxylic acids is 3. The van der Waals surface area contributed by atoms with Crippen molar-refractivity contribution in [1.82, 2.24) is 15.1 Å². The second kappa shape index (κ2) is 8.85. The third-order valence-electron chi connectivity index (χ3n) is 5.08. The van der Waals surface area contributed by atoms with Gasteiger partial charge in [-0.15, -0.1) is 0 Å². The number of likely N-dealkylation sites (tertiary alicyclic amines) is 1. The highest BCUT2D eigenvalue weighted by Crippen LogP contribution is 2.27. The average molecular weight is 335 g/mol. The van der Waals surface area contributed by atoms with Crippen LogP contribution in [0.3, 0.4) is 0 Å². The second-order valence-corrected chi connectivity index (χ2v) is 6.98. The Morgan fingerprint density at radius 1 is 1.17 bits per heavy atom. The van der Waals surface area contributed by atoms with Gasteiger partial charge in [-0.3, -0.25) is 14.4 Å². The largest absolute Gasteiger partial charge is 0.353 e. The van der Waals surface area contributed by atoms with E-state index in [2.05, 4.69) is 11.9 Å². The van der Waals surface area contributed by atoms with Crippen molar-refractivity contribution >= 4 is 17.7 Å². The van der Waals surface area contributed by atoms with Crippen LogP contribution in [-0.2, 0) is 14.4 Å². The first kappa shape index (κ1) is 18.5. The molecule has 1 aliphatic heterocycles. The van der Waals surface area contributed by atoms with Crippen LogP contribution in [0.15, 0.2) is 12.7 Å². The molecular weight excluding hydrogens is 306 g/mol. The fraction of sp³-hybridized carbons (Fsp3) is 0.722. The minimum atomic E-state index is -0.252. The molecule has 0 bridgehead atoms. The van der Waals surface area contributed by atoms with Crippen molar-refractivity contribution in [2.75, 3.05) is 26.7 Å². The first-order chi connectivity index (χ1) is 11.5. The lowest BCUT2D eigenvalue weighted by atomic mass is 10.0. The Balaban J connectivity index is 1.68. The summed E-state index contributed by atoms with van der Waals surface area (Å²) < 4.78 is 0. The summed E-state index contributed by atoms with van der Waals surface area (Å²) in [5.74, 6) is 0.411. The zero-order valence-corrected chi connectivity index (χ0v) is 14.6. The minimum absolute atomic E-state index is 0.0524. The predicted octanol–water partition coefficient (Wildman–Crippen LogP) is 1.32. The molecule has 0 aromatic carbocycles. The lowest BCUT2D eigenvalue weighted by Gasteiger charge is -2.33. The van der Waals surface area contributed by atoms with Gasteiger partial charge in [0, 0.05) is 32.6 Å². The van der Waals surface area contributed by atoms with Gasteiger partial charge < -0.3 is 15.1 Å². The number of amides is 3. The van der Waals surface area contributed by atoms with E-state index in [4.69, 9.17) is 0 Å². The lowest BCUT2D eigenvalue weighted by Crippen LogP contribution is -2.49. The van der Waals surface area contributed by atoms with Gasteiger partial charge in [0.1, 0.15) is 0 Å². The van der Waals surface area contributed by atoms with Crippen molar-refractivity contribution in [1.29, 1.82) is 0 Å². The standard InChI is InChI=1S/C18H29N3O3/c1-3-17(23)20(2)13-18(24)21-10-8-15(9-11-21)19-16(22)12-14-6-4-5-7-14/h3,14-15H,1,4-13H2,2H3,(H,19,22). The summed E-state index contributed by atoms with van der Waals surface area (Å²) >= 11 is 0. The van der Waals surface area contributed by atoms with Gasteiger partial charge in [0.2, 0.25) is 17.7 Å². The minimum Gasteiger partial charge on any atom is -0.353 e. The van der Waals surface area contributed by atoms with E-state index < -0.39 is 0 Å². The molecule has 1 saturated heterocycles. The van der Waals surface area contributed by atoms with Crippen LogP contribution >= 0.6 is 0 Å². The number of piperidine rings is 1. The fourth-order valence-electron chi connectivity index (χ4n) is 3.57. The van der Waals surface area contributed by atoms with Crippen molar-refractivity contribution in [3.63, 3.8) is 0 Å². The Hall–Kier alpha value is -1.85. The maximum Gasteiger partial charge on any atom is 0.246 e. The van der Waals surface area contributed by atoms with Crippen LogP contribution in [0.25, 0.3) is 0 Å². The number of hydrogen-bond acceptors (Lipinski definition) is 3. The molecule has 6 heteroatoms. The molecule has 6 nitrogen and oxygen atoms in total. The molecule has 2 aliphatic rings. The quantitative estimate of drug-likeness (QED) is 0.744. The lowest BCUT2D eigenvalue weighted by molar-refractivity contribution is -0.138. The molecule has 1 saturated carbocycles. The Kier molecular flexibility index (Phi) is 6.82. The number of carbonyl (C=O) groups is 3. The Labute approximate surface area is 144 Å². The highest BCUT2D eigenvalue weighted by Gasteiger charge is 2.26. The fourth-order valence-corrected chi connectivity index (χ4v) is 3.57. The van der Waals surface area contributed by atoms with Crippen molar-refractivity contribution in [2.45, 2.75) is 51.0 Å². The van der Waals surface area contributed by atoms with E-state index in [-0.39, 0.29) is 30.3 Å². The second-order valence-electron chi connectivity index (χ2n) is 6.98. The van der Waals surface area contributed by atoms with Crippen LogP contribution < -0.4 is 5.32 Å². The van der Waals surface area contributed by atoms with Gasteiger partial charge in [0.05, 0.1) is 6.54 Å². The maximum atomic E-state index is 12.2. The first-order valence-corrected chi connectivity index (χ1v) is 8.94. The molecule has 0 radical (unpaired) electrons. The highest BCUT2D eigenvalue weighted by molar-refractivity contribution is 5.90. The van der Waals surface area contributed by atoms with E-state index in [1.165, 1.54) is 36.7 Å². The third kappa shape index (κ3) is 5.35.